The third-order valence-corrected chi connectivity index (χ3v) is 3.76. The van der Waals surface area contributed by atoms with E-state index in [1.807, 2.05) is 29.0 Å². The molecule has 1 N–H and O–H groups in total. The number of carbonyl (C=O) groups is 1. The zero-order valence-electron chi connectivity index (χ0n) is 13.5. The number of nitrogens with zero attached hydrogens (tertiary/aromatic N) is 3. The van der Waals surface area contributed by atoms with Crippen molar-refractivity contribution in [3.8, 4) is 0 Å². The molecular formula is C17H18N4O3. The first-order valence-corrected chi connectivity index (χ1v) is 7.73. The van der Waals surface area contributed by atoms with Gasteiger partial charge < -0.3 is 14.3 Å². The molecule has 1 aromatic carbocycles. The fourth-order valence-corrected chi connectivity index (χ4v) is 2.50. The zero-order valence-corrected chi connectivity index (χ0v) is 13.5. The topological polar surface area (TPSA) is 89.9 Å². The number of ether oxygens (including phenoxy) is 1. The molecule has 0 saturated carbocycles. The van der Waals surface area contributed by atoms with Crippen molar-refractivity contribution in [2.24, 2.45) is 0 Å². The zero-order chi connectivity index (χ0) is 17.1. The van der Waals surface area contributed by atoms with Gasteiger partial charge in [-0.25, -0.2) is 9.97 Å². The van der Waals surface area contributed by atoms with Gasteiger partial charge >= 0.3 is 5.97 Å². The molecular weight excluding hydrogens is 308 g/mol. The predicted octanol–water partition coefficient (Wildman–Crippen LogP) is 1.83. The molecule has 124 valence electrons. The summed E-state index contributed by atoms with van der Waals surface area (Å²) < 4.78 is 6.92. The van der Waals surface area contributed by atoms with E-state index in [2.05, 4.69) is 15.0 Å². The number of fused-ring (bicyclic) bond motifs is 1. The number of rotatable bonds is 5. The number of hydrogen-bond donors (Lipinski definition) is 1. The third kappa shape index (κ3) is 3.19. The van der Waals surface area contributed by atoms with Crippen LogP contribution >= 0.6 is 0 Å². The molecule has 24 heavy (non-hydrogen) atoms. The molecule has 7 heteroatoms. The van der Waals surface area contributed by atoms with Gasteiger partial charge in [0.25, 0.3) is 5.56 Å². The van der Waals surface area contributed by atoms with Gasteiger partial charge in [0.1, 0.15) is 11.6 Å². The van der Waals surface area contributed by atoms with Crippen LogP contribution in [-0.4, -0.2) is 32.1 Å². The van der Waals surface area contributed by atoms with E-state index in [-0.39, 0.29) is 17.9 Å². The van der Waals surface area contributed by atoms with Gasteiger partial charge in [0.05, 0.1) is 24.0 Å². The summed E-state index contributed by atoms with van der Waals surface area (Å²) in [5.41, 5.74) is 2.09. The normalized spacial score (nSPS) is 12.2. The number of aromatic amines is 1. The summed E-state index contributed by atoms with van der Waals surface area (Å²) in [5, 5.41) is 0. The highest BCUT2D eigenvalue weighted by atomic mass is 16.5. The number of H-pyrrole nitrogens is 1. The van der Waals surface area contributed by atoms with E-state index in [0.717, 1.165) is 5.56 Å². The quantitative estimate of drug-likeness (QED) is 0.723. The van der Waals surface area contributed by atoms with E-state index in [1.165, 1.54) is 0 Å². The molecule has 1 atom stereocenters. The van der Waals surface area contributed by atoms with E-state index in [1.54, 1.807) is 26.4 Å². The van der Waals surface area contributed by atoms with Crippen LogP contribution in [0.25, 0.3) is 11.0 Å². The first-order chi connectivity index (χ1) is 11.6. The van der Waals surface area contributed by atoms with Crippen molar-refractivity contribution in [3.63, 3.8) is 0 Å². The second-order valence-corrected chi connectivity index (χ2v) is 5.51. The average Bonchev–Trinajstić information content (AvgIpc) is 3.07. The van der Waals surface area contributed by atoms with E-state index < -0.39 is 11.9 Å². The summed E-state index contributed by atoms with van der Waals surface area (Å²) >= 11 is 0. The summed E-state index contributed by atoms with van der Waals surface area (Å²) in [6.45, 7) is 4.27. The Labute approximate surface area is 138 Å². The van der Waals surface area contributed by atoms with Crippen molar-refractivity contribution in [3.05, 3.63) is 58.5 Å². The van der Waals surface area contributed by atoms with Crippen LogP contribution in [0.15, 0.2) is 41.7 Å². The first kappa shape index (κ1) is 15.9. The lowest BCUT2D eigenvalue weighted by Gasteiger charge is -2.10. The van der Waals surface area contributed by atoms with Gasteiger partial charge in [-0.05, 0) is 31.5 Å². The van der Waals surface area contributed by atoms with Crippen molar-refractivity contribution < 1.29 is 9.53 Å². The highest BCUT2D eigenvalue weighted by molar-refractivity contribution is 5.79. The molecule has 0 fully saturated rings. The summed E-state index contributed by atoms with van der Waals surface area (Å²) in [6, 6.07) is 5.63. The highest BCUT2D eigenvalue weighted by Gasteiger charge is 2.21. The number of nitrogens with one attached hydrogen (secondary N) is 1. The first-order valence-electron chi connectivity index (χ1n) is 7.73. The molecule has 7 nitrogen and oxygen atoms in total. The van der Waals surface area contributed by atoms with Crippen LogP contribution in [0.1, 0.15) is 31.0 Å². The molecule has 0 spiro atoms. The Morgan fingerprint density at radius 1 is 1.42 bits per heavy atom. The molecule has 0 aliphatic heterocycles. The van der Waals surface area contributed by atoms with Gasteiger partial charge in [-0.2, -0.15) is 0 Å². The summed E-state index contributed by atoms with van der Waals surface area (Å²) in [6.07, 6.45) is 5.33. The molecule has 0 aliphatic carbocycles. The summed E-state index contributed by atoms with van der Waals surface area (Å²) in [4.78, 5) is 35.3. The van der Waals surface area contributed by atoms with Crippen molar-refractivity contribution in [2.45, 2.75) is 26.3 Å². The Morgan fingerprint density at radius 2 is 2.25 bits per heavy atom. The monoisotopic (exact) mass is 326 g/mol. The van der Waals surface area contributed by atoms with Crippen LogP contribution in [0.5, 0.6) is 0 Å². The number of esters is 1. The Morgan fingerprint density at radius 3 is 2.96 bits per heavy atom. The fraction of sp³-hybridized carbons (Fsp3) is 0.294. The molecule has 2 heterocycles. The number of carbonyl (C=O) groups excluding carboxylic acids is 1. The SMILES string of the molecule is CCOC(=O)C(C)c1nc2cc(Cn3ccnc3)ccc2[nH]c1=O. The lowest BCUT2D eigenvalue weighted by Crippen LogP contribution is -2.23. The minimum atomic E-state index is -0.713. The number of hydrogen-bond acceptors (Lipinski definition) is 5. The fourth-order valence-electron chi connectivity index (χ4n) is 2.50. The van der Waals surface area contributed by atoms with Gasteiger partial charge in [0, 0.05) is 18.9 Å². The Bertz CT molecular complexity index is 915. The van der Waals surface area contributed by atoms with Crippen molar-refractivity contribution >= 4 is 17.0 Å². The maximum atomic E-state index is 12.2. The van der Waals surface area contributed by atoms with Crippen LogP contribution in [0.3, 0.4) is 0 Å². The second kappa shape index (κ2) is 6.66. The van der Waals surface area contributed by atoms with E-state index in [9.17, 15) is 9.59 Å². The molecule has 1 unspecified atom stereocenters. The van der Waals surface area contributed by atoms with Gasteiger partial charge in [-0.15, -0.1) is 0 Å². The Hall–Kier alpha value is -2.96. The minimum absolute atomic E-state index is 0.167. The smallest absolute Gasteiger partial charge is 0.314 e. The lowest BCUT2D eigenvalue weighted by molar-refractivity contribution is -0.144. The van der Waals surface area contributed by atoms with Crippen LogP contribution in [-0.2, 0) is 16.1 Å². The Kier molecular flexibility index (Phi) is 4.41. The average molecular weight is 326 g/mol. The second-order valence-electron chi connectivity index (χ2n) is 5.51. The maximum absolute atomic E-state index is 12.2. The maximum Gasteiger partial charge on any atom is 0.314 e. The molecule has 0 saturated heterocycles. The van der Waals surface area contributed by atoms with Crippen LogP contribution in [0.2, 0.25) is 0 Å². The standard InChI is InChI=1S/C17H18N4O3/c1-3-24-17(23)11(2)15-16(22)20-13-5-4-12(8-14(13)19-15)9-21-7-6-18-10-21/h4-8,10-11H,3,9H2,1-2H3,(H,20,22). The number of aromatic nitrogens is 4. The molecule has 0 radical (unpaired) electrons. The lowest BCUT2D eigenvalue weighted by atomic mass is 10.1. The number of benzene rings is 1. The third-order valence-electron chi connectivity index (χ3n) is 3.76. The van der Waals surface area contributed by atoms with Crippen LogP contribution < -0.4 is 5.56 Å². The van der Waals surface area contributed by atoms with Crippen LogP contribution in [0, 0.1) is 0 Å². The molecule has 0 bridgehead atoms. The molecule has 2 aromatic heterocycles. The predicted molar refractivity (Wildman–Crippen MR) is 88.7 cm³/mol. The molecule has 3 aromatic rings. The van der Waals surface area contributed by atoms with Crippen molar-refractivity contribution in [1.29, 1.82) is 0 Å². The summed E-state index contributed by atoms with van der Waals surface area (Å²) in [7, 11) is 0. The van der Waals surface area contributed by atoms with Gasteiger partial charge in [-0.1, -0.05) is 6.07 Å². The molecule has 3 rings (SSSR count). The van der Waals surface area contributed by atoms with Gasteiger partial charge in [0.15, 0.2) is 0 Å². The largest absolute Gasteiger partial charge is 0.465 e. The van der Waals surface area contributed by atoms with E-state index in [0.29, 0.717) is 17.6 Å². The summed E-state index contributed by atoms with van der Waals surface area (Å²) in [5.74, 6) is -1.17. The van der Waals surface area contributed by atoms with Gasteiger partial charge in [-0.3, -0.25) is 9.59 Å². The van der Waals surface area contributed by atoms with E-state index >= 15 is 0 Å². The minimum Gasteiger partial charge on any atom is -0.465 e. The number of imidazole rings is 1. The van der Waals surface area contributed by atoms with Crippen molar-refractivity contribution in [2.75, 3.05) is 6.61 Å². The van der Waals surface area contributed by atoms with Gasteiger partial charge in [0.2, 0.25) is 0 Å². The van der Waals surface area contributed by atoms with Crippen LogP contribution in [0.4, 0.5) is 0 Å². The van der Waals surface area contributed by atoms with Crippen molar-refractivity contribution in [1.82, 2.24) is 19.5 Å². The van der Waals surface area contributed by atoms with E-state index in [4.69, 9.17) is 4.74 Å². The Balaban J connectivity index is 1.98. The highest BCUT2D eigenvalue weighted by Crippen LogP contribution is 2.16. The molecule has 0 amide bonds. The molecule has 0 aliphatic rings.